The first-order chi connectivity index (χ1) is 11.6. The van der Waals surface area contributed by atoms with Gasteiger partial charge in [-0.3, -0.25) is 14.4 Å². The molecule has 0 radical (unpaired) electrons. The molecule has 3 rings (SSSR count). The molecule has 1 unspecified atom stereocenters. The Hall–Kier alpha value is -2.02. The average molecular weight is 348 g/mol. The van der Waals surface area contributed by atoms with E-state index in [1.165, 1.54) is 0 Å². The lowest BCUT2D eigenvalue weighted by Gasteiger charge is -2.24. The van der Waals surface area contributed by atoms with Crippen molar-refractivity contribution in [3.05, 3.63) is 35.9 Å². The van der Waals surface area contributed by atoms with Crippen LogP contribution in [0.4, 0.5) is 0 Å². The molecule has 1 heterocycles. The summed E-state index contributed by atoms with van der Waals surface area (Å²) in [6.07, 6.45) is 1.73. The second-order valence-corrected chi connectivity index (χ2v) is 7.21. The van der Waals surface area contributed by atoms with E-state index in [0.29, 0.717) is 36.5 Å². The summed E-state index contributed by atoms with van der Waals surface area (Å²) in [6.45, 7) is 0. The normalized spacial score (nSPS) is 26.3. The third-order valence-electron chi connectivity index (χ3n) is 4.59. The lowest BCUT2D eigenvalue weighted by molar-refractivity contribution is -0.141. The van der Waals surface area contributed by atoms with E-state index in [4.69, 9.17) is 5.11 Å². The highest BCUT2D eigenvalue weighted by Crippen LogP contribution is 2.27. The summed E-state index contributed by atoms with van der Waals surface area (Å²) < 4.78 is 0. The third-order valence-corrected chi connectivity index (χ3v) is 5.61. The van der Waals surface area contributed by atoms with E-state index in [1.54, 1.807) is 40.9 Å². The fraction of sp³-hybridized carbons (Fsp3) is 0.471. The van der Waals surface area contributed by atoms with E-state index >= 15 is 0 Å². The van der Waals surface area contributed by atoms with Crippen LogP contribution in [0.15, 0.2) is 30.3 Å². The number of hydrogen-bond acceptors (Lipinski definition) is 4. The largest absolute Gasteiger partial charge is 0.481 e. The Balaban J connectivity index is 1.62. The minimum atomic E-state index is -0.802. The van der Waals surface area contributed by atoms with Gasteiger partial charge in [-0.05, 0) is 31.4 Å². The van der Waals surface area contributed by atoms with Crippen molar-refractivity contribution < 1.29 is 19.5 Å². The zero-order valence-electron chi connectivity index (χ0n) is 13.2. The number of aliphatic carboxylic acids is 1. The van der Waals surface area contributed by atoms with Gasteiger partial charge in [-0.2, -0.15) is 0 Å². The number of carbonyl (C=O) groups is 3. The molecular weight excluding hydrogens is 328 g/mol. The van der Waals surface area contributed by atoms with Gasteiger partial charge in [0.25, 0.3) is 5.91 Å². The number of benzene rings is 1. The minimum Gasteiger partial charge on any atom is -0.481 e. The molecule has 0 aromatic heterocycles. The van der Waals surface area contributed by atoms with Crippen LogP contribution in [0.3, 0.4) is 0 Å². The van der Waals surface area contributed by atoms with Crippen molar-refractivity contribution in [1.82, 2.24) is 10.2 Å². The predicted molar refractivity (Wildman–Crippen MR) is 90.6 cm³/mol. The van der Waals surface area contributed by atoms with Crippen LogP contribution < -0.4 is 5.32 Å². The summed E-state index contributed by atoms with van der Waals surface area (Å²) in [5, 5.41) is 12.0. The van der Waals surface area contributed by atoms with Gasteiger partial charge in [0.2, 0.25) is 5.91 Å². The number of hydrogen-bond donors (Lipinski definition) is 2. The lowest BCUT2D eigenvalue weighted by Crippen LogP contribution is -2.49. The number of amides is 2. The first-order valence-corrected chi connectivity index (χ1v) is 9.18. The second-order valence-electron chi connectivity index (χ2n) is 6.21. The zero-order chi connectivity index (χ0) is 17.1. The number of carboxylic acid groups (broad SMARTS) is 1. The molecule has 128 valence electrons. The molecule has 7 heteroatoms. The number of carboxylic acids is 1. The molecule has 1 aliphatic carbocycles. The average Bonchev–Trinajstić information content (AvgIpc) is 3.24. The fourth-order valence-corrected chi connectivity index (χ4v) is 4.39. The maximum absolute atomic E-state index is 12.6. The van der Waals surface area contributed by atoms with Gasteiger partial charge in [0.1, 0.15) is 6.04 Å². The molecule has 6 nitrogen and oxygen atoms in total. The molecular formula is C17H20N2O4S. The Morgan fingerprint density at radius 2 is 1.92 bits per heavy atom. The summed E-state index contributed by atoms with van der Waals surface area (Å²) in [5.74, 6) is -0.441. The standard InChI is InChI=1S/C17H20N2O4S/c20-15(18-13-7-6-12(8-13)17(22)23)14-9-24-10-19(14)16(21)11-4-2-1-3-5-11/h1-5,12-14H,6-10H2,(H,18,20)(H,22,23)/t12-,13+,14?/m1/s1. The van der Waals surface area contributed by atoms with Gasteiger partial charge < -0.3 is 15.3 Å². The van der Waals surface area contributed by atoms with Crippen LogP contribution in [0.2, 0.25) is 0 Å². The molecule has 1 aromatic rings. The highest BCUT2D eigenvalue weighted by atomic mass is 32.2. The smallest absolute Gasteiger partial charge is 0.306 e. The van der Waals surface area contributed by atoms with Gasteiger partial charge in [-0.1, -0.05) is 18.2 Å². The molecule has 1 aromatic carbocycles. The summed E-state index contributed by atoms with van der Waals surface area (Å²) in [7, 11) is 0. The van der Waals surface area contributed by atoms with Gasteiger partial charge in [0.05, 0.1) is 11.8 Å². The van der Waals surface area contributed by atoms with Crippen LogP contribution >= 0.6 is 11.8 Å². The molecule has 0 spiro atoms. The van der Waals surface area contributed by atoms with E-state index in [9.17, 15) is 14.4 Å². The minimum absolute atomic E-state index is 0.113. The molecule has 3 atom stereocenters. The van der Waals surface area contributed by atoms with Crippen molar-refractivity contribution in [2.24, 2.45) is 5.92 Å². The van der Waals surface area contributed by atoms with E-state index < -0.39 is 12.0 Å². The Bertz CT molecular complexity index is 637. The molecule has 1 aliphatic heterocycles. The molecule has 0 bridgehead atoms. The topological polar surface area (TPSA) is 86.7 Å². The summed E-state index contributed by atoms with van der Waals surface area (Å²) in [5.41, 5.74) is 0.574. The zero-order valence-corrected chi connectivity index (χ0v) is 14.0. The first kappa shape index (κ1) is 16.8. The maximum atomic E-state index is 12.6. The second kappa shape index (κ2) is 7.25. The molecule has 1 saturated carbocycles. The molecule has 2 fully saturated rings. The van der Waals surface area contributed by atoms with Crippen molar-refractivity contribution >= 4 is 29.5 Å². The summed E-state index contributed by atoms with van der Waals surface area (Å²) in [4.78, 5) is 37.8. The Labute approximate surface area is 144 Å². The molecule has 1 saturated heterocycles. The number of carbonyl (C=O) groups excluding carboxylic acids is 2. The van der Waals surface area contributed by atoms with Crippen LogP contribution in [-0.2, 0) is 9.59 Å². The summed E-state index contributed by atoms with van der Waals surface area (Å²) >= 11 is 1.56. The quantitative estimate of drug-likeness (QED) is 0.862. The van der Waals surface area contributed by atoms with E-state index in [1.807, 2.05) is 6.07 Å². The summed E-state index contributed by atoms with van der Waals surface area (Å²) in [6, 6.07) is 8.33. The highest BCUT2D eigenvalue weighted by molar-refractivity contribution is 7.99. The Morgan fingerprint density at radius 3 is 2.58 bits per heavy atom. The van der Waals surface area contributed by atoms with Crippen molar-refractivity contribution in [3.63, 3.8) is 0 Å². The van der Waals surface area contributed by atoms with Crippen molar-refractivity contribution in [1.29, 1.82) is 0 Å². The first-order valence-electron chi connectivity index (χ1n) is 8.03. The highest BCUT2D eigenvalue weighted by Gasteiger charge is 2.37. The van der Waals surface area contributed by atoms with Gasteiger partial charge in [-0.15, -0.1) is 11.8 Å². The number of nitrogens with zero attached hydrogens (tertiary/aromatic N) is 1. The SMILES string of the molecule is O=C(N[C@H]1CC[C@@H](C(=O)O)C1)C1CSCN1C(=O)c1ccccc1. The molecule has 24 heavy (non-hydrogen) atoms. The van der Waals surface area contributed by atoms with Crippen LogP contribution in [0.25, 0.3) is 0 Å². The third kappa shape index (κ3) is 3.56. The van der Waals surface area contributed by atoms with Crippen molar-refractivity contribution in [3.8, 4) is 0 Å². The van der Waals surface area contributed by atoms with E-state index in [2.05, 4.69) is 5.32 Å². The number of nitrogens with one attached hydrogen (secondary N) is 1. The molecule has 2 aliphatic rings. The predicted octanol–water partition coefficient (Wildman–Crippen LogP) is 1.57. The van der Waals surface area contributed by atoms with E-state index in [-0.39, 0.29) is 23.8 Å². The van der Waals surface area contributed by atoms with Gasteiger partial charge in [-0.25, -0.2) is 0 Å². The Kier molecular flexibility index (Phi) is 5.08. The Morgan fingerprint density at radius 1 is 1.17 bits per heavy atom. The fourth-order valence-electron chi connectivity index (χ4n) is 3.24. The van der Waals surface area contributed by atoms with Crippen LogP contribution in [-0.4, -0.2) is 51.5 Å². The van der Waals surface area contributed by atoms with E-state index in [0.717, 1.165) is 0 Å². The lowest BCUT2D eigenvalue weighted by atomic mass is 10.1. The molecule has 2 amide bonds. The van der Waals surface area contributed by atoms with Gasteiger partial charge >= 0.3 is 5.97 Å². The number of thioether (sulfide) groups is 1. The maximum Gasteiger partial charge on any atom is 0.306 e. The van der Waals surface area contributed by atoms with Gasteiger partial charge in [0.15, 0.2) is 0 Å². The number of rotatable bonds is 4. The van der Waals surface area contributed by atoms with Crippen LogP contribution in [0.1, 0.15) is 29.6 Å². The van der Waals surface area contributed by atoms with Crippen LogP contribution in [0.5, 0.6) is 0 Å². The molecule has 2 N–H and O–H groups in total. The van der Waals surface area contributed by atoms with Gasteiger partial charge in [0, 0.05) is 17.4 Å². The van der Waals surface area contributed by atoms with Crippen molar-refractivity contribution in [2.75, 3.05) is 11.6 Å². The van der Waals surface area contributed by atoms with Crippen molar-refractivity contribution in [2.45, 2.75) is 31.3 Å². The monoisotopic (exact) mass is 348 g/mol. The van der Waals surface area contributed by atoms with Crippen LogP contribution in [0, 0.1) is 5.92 Å².